The Bertz CT molecular complexity index is 299. The number of aliphatic hydroxyl groups excluding tert-OH is 1. The molecule has 0 saturated heterocycles. The third kappa shape index (κ3) is 1.11. The molecule has 1 aliphatic heterocycles. The number of aryl methyl sites for hydroxylation is 1. The number of rotatable bonds is 0. The van der Waals surface area contributed by atoms with E-state index in [-0.39, 0.29) is 0 Å². The van der Waals surface area contributed by atoms with Crippen LogP contribution in [-0.2, 0) is 11.2 Å². The maximum atomic E-state index is 9.48. The molecule has 0 amide bonds. The summed E-state index contributed by atoms with van der Waals surface area (Å²) in [6.45, 7) is 2.48. The summed E-state index contributed by atoms with van der Waals surface area (Å²) in [6, 6.07) is 1.94. The summed E-state index contributed by atoms with van der Waals surface area (Å²) < 4.78 is 5.10. The van der Waals surface area contributed by atoms with Crippen LogP contribution in [0.5, 0.6) is 0 Å². The van der Waals surface area contributed by atoms with Crippen LogP contribution in [0, 0.1) is 6.92 Å². The van der Waals surface area contributed by atoms with Crippen LogP contribution in [0.25, 0.3) is 0 Å². The van der Waals surface area contributed by atoms with Crippen LogP contribution in [0.3, 0.4) is 0 Å². The second-order valence-electron chi connectivity index (χ2n) is 2.94. The Balaban J connectivity index is 2.53. The molecule has 0 saturated carbocycles. The number of aromatic nitrogens is 1. The van der Waals surface area contributed by atoms with E-state index in [1.54, 1.807) is 6.20 Å². The highest BCUT2D eigenvalue weighted by Gasteiger charge is 2.20. The van der Waals surface area contributed by atoms with Crippen molar-refractivity contribution >= 4 is 0 Å². The lowest BCUT2D eigenvalue weighted by Crippen LogP contribution is -2.17. The summed E-state index contributed by atoms with van der Waals surface area (Å²) in [6.07, 6.45) is 1.87. The van der Waals surface area contributed by atoms with Gasteiger partial charge in [0.1, 0.15) is 0 Å². The van der Waals surface area contributed by atoms with E-state index >= 15 is 0 Å². The number of ether oxygens (including phenoxy) is 1. The molecule has 3 heteroatoms. The van der Waals surface area contributed by atoms with Gasteiger partial charge in [0.2, 0.25) is 0 Å². The Morgan fingerprint density at radius 2 is 2.50 bits per heavy atom. The zero-order chi connectivity index (χ0) is 8.55. The number of hydrogen-bond donors (Lipinski definition) is 1. The van der Waals surface area contributed by atoms with Crippen molar-refractivity contribution in [2.24, 2.45) is 0 Å². The molecule has 1 aliphatic rings. The first kappa shape index (κ1) is 7.71. The Morgan fingerprint density at radius 3 is 3.25 bits per heavy atom. The van der Waals surface area contributed by atoms with Gasteiger partial charge in [-0.2, -0.15) is 0 Å². The van der Waals surface area contributed by atoms with E-state index in [0.717, 1.165) is 23.2 Å². The molecule has 0 fully saturated rings. The summed E-state index contributed by atoms with van der Waals surface area (Å²) in [5.41, 5.74) is 2.87. The fourth-order valence-corrected chi connectivity index (χ4v) is 1.55. The molecule has 2 heterocycles. The average Bonchev–Trinajstić information content (AvgIpc) is 2.04. The van der Waals surface area contributed by atoms with Crippen molar-refractivity contribution in [1.29, 1.82) is 0 Å². The van der Waals surface area contributed by atoms with Crippen LogP contribution in [0.2, 0.25) is 0 Å². The number of pyridine rings is 1. The van der Waals surface area contributed by atoms with E-state index in [9.17, 15) is 5.11 Å². The first-order chi connectivity index (χ1) is 5.79. The first-order valence-corrected chi connectivity index (χ1v) is 4.03. The molecule has 0 aliphatic carbocycles. The van der Waals surface area contributed by atoms with Gasteiger partial charge in [0.25, 0.3) is 0 Å². The van der Waals surface area contributed by atoms with Gasteiger partial charge < -0.3 is 9.84 Å². The zero-order valence-electron chi connectivity index (χ0n) is 6.95. The van der Waals surface area contributed by atoms with Crippen LogP contribution in [0.4, 0.5) is 0 Å². The predicted octanol–water partition coefficient (Wildman–Crippen LogP) is 0.954. The van der Waals surface area contributed by atoms with Gasteiger partial charge >= 0.3 is 0 Å². The first-order valence-electron chi connectivity index (χ1n) is 4.03. The molecule has 0 aromatic carbocycles. The molecular weight excluding hydrogens is 154 g/mol. The van der Waals surface area contributed by atoms with E-state index in [4.69, 9.17) is 4.74 Å². The summed E-state index contributed by atoms with van der Waals surface area (Å²) in [5.74, 6) is 0. The lowest BCUT2D eigenvalue weighted by atomic mass is 10.0. The Labute approximate surface area is 71.0 Å². The topological polar surface area (TPSA) is 42.4 Å². The molecule has 0 bridgehead atoms. The van der Waals surface area contributed by atoms with Crippen LogP contribution in [-0.4, -0.2) is 16.7 Å². The van der Waals surface area contributed by atoms with E-state index in [0.29, 0.717) is 6.61 Å². The maximum absolute atomic E-state index is 9.48. The minimum atomic E-state index is -0.776. The molecule has 3 nitrogen and oxygen atoms in total. The molecule has 1 atom stereocenters. The molecule has 1 aromatic rings. The maximum Gasteiger partial charge on any atom is 0.183 e. The average molecular weight is 165 g/mol. The molecule has 0 spiro atoms. The number of nitrogens with zero attached hydrogens (tertiary/aromatic N) is 1. The van der Waals surface area contributed by atoms with Gasteiger partial charge in [-0.25, -0.2) is 0 Å². The smallest absolute Gasteiger partial charge is 0.183 e. The molecule has 64 valence electrons. The standard InChI is InChI=1S/C9H11NO2/c1-6-8-7(2-4-10-6)3-5-12-9(8)11/h2,4,9,11H,3,5H2,1H3/t9-/m0/s1. The third-order valence-corrected chi connectivity index (χ3v) is 2.17. The van der Waals surface area contributed by atoms with E-state index in [1.165, 1.54) is 0 Å². The van der Waals surface area contributed by atoms with Crippen LogP contribution in [0.15, 0.2) is 12.3 Å². The van der Waals surface area contributed by atoms with Crippen molar-refractivity contribution in [2.75, 3.05) is 6.61 Å². The highest BCUT2D eigenvalue weighted by atomic mass is 16.6. The molecule has 1 N–H and O–H groups in total. The molecule has 0 radical (unpaired) electrons. The Kier molecular flexibility index (Phi) is 1.83. The summed E-state index contributed by atoms with van der Waals surface area (Å²) in [5, 5.41) is 9.48. The van der Waals surface area contributed by atoms with Crippen LogP contribution < -0.4 is 0 Å². The van der Waals surface area contributed by atoms with Crippen molar-refractivity contribution in [3.05, 3.63) is 29.1 Å². The zero-order valence-corrected chi connectivity index (χ0v) is 6.95. The van der Waals surface area contributed by atoms with Crippen molar-refractivity contribution in [2.45, 2.75) is 19.6 Å². The van der Waals surface area contributed by atoms with Crippen LogP contribution >= 0.6 is 0 Å². The molecular formula is C9H11NO2. The fourth-order valence-electron chi connectivity index (χ4n) is 1.55. The van der Waals surface area contributed by atoms with Gasteiger partial charge in [-0.05, 0) is 25.0 Å². The van der Waals surface area contributed by atoms with Gasteiger partial charge in [0.15, 0.2) is 6.29 Å². The fraction of sp³-hybridized carbons (Fsp3) is 0.444. The second-order valence-corrected chi connectivity index (χ2v) is 2.94. The highest BCUT2D eigenvalue weighted by molar-refractivity contribution is 5.31. The molecule has 12 heavy (non-hydrogen) atoms. The van der Waals surface area contributed by atoms with Crippen molar-refractivity contribution in [3.63, 3.8) is 0 Å². The van der Waals surface area contributed by atoms with Crippen molar-refractivity contribution in [1.82, 2.24) is 4.98 Å². The van der Waals surface area contributed by atoms with E-state index < -0.39 is 6.29 Å². The SMILES string of the molecule is Cc1nccc2c1[C@@H](O)OCC2. The third-order valence-electron chi connectivity index (χ3n) is 2.17. The van der Waals surface area contributed by atoms with Gasteiger partial charge in [-0.15, -0.1) is 0 Å². The normalized spacial score (nSPS) is 22.0. The second kappa shape index (κ2) is 2.84. The van der Waals surface area contributed by atoms with Gasteiger partial charge in [-0.1, -0.05) is 0 Å². The Hall–Kier alpha value is -0.930. The summed E-state index contributed by atoms with van der Waals surface area (Å²) in [4.78, 5) is 4.10. The highest BCUT2D eigenvalue weighted by Crippen LogP contribution is 2.26. The molecule has 0 unspecified atom stereocenters. The molecule has 1 aromatic heterocycles. The summed E-state index contributed by atoms with van der Waals surface area (Å²) in [7, 11) is 0. The monoisotopic (exact) mass is 165 g/mol. The van der Waals surface area contributed by atoms with Crippen LogP contribution in [0.1, 0.15) is 23.1 Å². The Morgan fingerprint density at radius 1 is 1.67 bits per heavy atom. The number of fused-ring (bicyclic) bond motifs is 1. The van der Waals surface area contributed by atoms with Crippen molar-refractivity contribution < 1.29 is 9.84 Å². The van der Waals surface area contributed by atoms with Gasteiger partial charge in [0.05, 0.1) is 6.61 Å². The van der Waals surface area contributed by atoms with Gasteiger partial charge in [-0.3, -0.25) is 4.98 Å². The summed E-state index contributed by atoms with van der Waals surface area (Å²) >= 11 is 0. The van der Waals surface area contributed by atoms with E-state index in [2.05, 4.69) is 4.98 Å². The minimum Gasteiger partial charge on any atom is -0.364 e. The lowest BCUT2D eigenvalue weighted by molar-refractivity contribution is -0.111. The number of aliphatic hydroxyl groups is 1. The quantitative estimate of drug-likeness (QED) is 0.622. The van der Waals surface area contributed by atoms with Gasteiger partial charge in [0, 0.05) is 17.5 Å². The molecule has 2 rings (SSSR count). The van der Waals surface area contributed by atoms with Crippen molar-refractivity contribution in [3.8, 4) is 0 Å². The minimum absolute atomic E-state index is 0.595. The largest absolute Gasteiger partial charge is 0.364 e. The van der Waals surface area contributed by atoms with E-state index in [1.807, 2.05) is 13.0 Å². The lowest BCUT2D eigenvalue weighted by Gasteiger charge is -2.22. The number of hydrogen-bond acceptors (Lipinski definition) is 3. The predicted molar refractivity (Wildman–Crippen MR) is 43.6 cm³/mol.